The third kappa shape index (κ3) is 3.42. The second kappa shape index (κ2) is 6.61. The van der Waals surface area contributed by atoms with E-state index in [4.69, 9.17) is 0 Å². The molecule has 0 aliphatic rings. The van der Waals surface area contributed by atoms with Crippen LogP contribution in [0.1, 0.15) is 18.1 Å². The number of thioether (sulfide) groups is 1. The number of imidazole rings is 1. The molecule has 0 unspecified atom stereocenters. The Kier molecular flexibility index (Phi) is 4.84. The minimum Gasteiger partial charge on any atom is -0.356 e. The molecule has 5 heteroatoms. The first kappa shape index (κ1) is 14.7. The van der Waals surface area contributed by atoms with Gasteiger partial charge in [0.1, 0.15) is 0 Å². The van der Waals surface area contributed by atoms with Crippen molar-refractivity contribution in [3.05, 3.63) is 41.7 Å². The molecule has 4 nitrogen and oxygen atoms in total. The second-order valence-electron chi connectivity index (χ2n) is 4.61. The van der Waals surface area contributed by atoms with Crippen LogP contribution in [0.2, 0.25) is 0 Å². The molecule has 106 valence electrons. The molecule has 0 aliphatic carbocycles. The lowest BCUT2D eigenvalue weighted by Gasteiger charge is -2.11. The van der Waals surface area contributed by atoms with Gasteiger partial charge < -0.3 is 5.32 Å². The molecule has 0 fully saturated rings. The average molecular weight is 289 g/mol. The Labute approximate surface area is 123 Å². The lowest BCUT2D eigenvalue weighted by atomic mass is 10.1. The maximum atomic E-state index is 11.5. The van der Waals surface area contributed by atoms with Gasteiger partial charge in [0, 0.05) is 18.9 Å². The van der Waals surface area contributed by atoms with Crippen LogP contribution < -0.4 is 5.32 Å². The molecule has 0 saturated heterocycles. The zero-order valence-electron chi connectivity index (χ0n) is 12.0. The Morgan fingerprint density at radius 2 is 2.20 bits per heavy atom. The van der Waals surface area contributed by atoms with Gasteiger partial charge in [-0.1, -0.05) is 23.9 Å². The fraction of sp³-hybridized carbons (Fsp3) is 0.333. The standard InChI is InChI=1S/C15H19N3OS/c1-4-16-14(19)10-20-15-17-7-8-18(15)13-9-11(2)5-6-12(13)3/h5-9H,4,10H2,1-3H3,(H,16,19). The van der Waals surface area contributed by atoms with Crippen molar-refractivity contribution in [1.29, 1.82) is 0 Å². The number of hydrogen-bond donors (Lipinski definition) is 1. The van der Waals surface area contributed by atoms with Gasteiger partial charge in [-0.2, -0.15) is 0 Å². The van der Waals surface area contributed by atoms with E-state index in [1.54, 1.807) is 6.20 Å². The predicted molar refractivity (Wildman–Crippen MR) is 82.4 cm³/mol. The smallest absolute Gasteiger partial charge is 0.230 e. The first-order chi connectivity index (χ1) is 9.61. The van der Waals surface area contributed by atoms with Gasteiger partial charge in [0.25, 0.3) is 0 Å². The highest BCUT2D eigenvalue weighted by atomic mass is 32.2. The number of carbonyl (C=O) groups excluding carboxylic acids is 1. The number of nitrogens with one attached hydrogen (secondary N) is 1. The molecular weight excluding hydrogens is 270 g/mol. The summed E-state index contributed by atoms with van der Waals surface area (Å²) in [7, 11) is 0. The minimum atomic E-state index is 0.0352. The Hall–Kier alpha value is -1.75. The molecule has 1 heterocycles. The molecule has 1 aromatic heterocycles. The number of aromatic nitrogens is 2. The van der Waals surface area contributed by atoms with Crippen LogP contribution >= 0.6 is 11.8 Å². The normalized spacial score (nSPS) is 10.6. The van der Waals surface area contributed by atoms with Crippen LogP contribution in [-0.2, 0) is 4.79 Å². The number of rotatable bonds is 5. The monoisotopic (exact) mass is 289 g/mol. The van der Waals surface area contributed by atoms with Gasteiger partial charge in [-0.3, -0.25) is 9.36 Å². The molecule has 1 N–H and O–H groups in total. The largest absolute Gasteiger partial charge is 0.356 e. The van der Waals surface area contributed by atoms with E-state index in [-0.39, 0.29) is 5.91 Å². The van der Waals surface area contributed by atoms with E-state index in [2.05, 4.69) is 42.3 Å². The van der Waals surface area contributed by atoms with E-state index in [1.165, 1.54) is 22.9 Å². The highest BCUT2D eigenvalue weighted by Gasteiger charge is 2.10. The summed E-state index contributed by atoms with van der Waals surface area (Å²) in [6.07, 6.45) is 3.70. The molecule has 0 radical (unpaired) electrons. The fourth-order valence-electron chi connectivity index (χ4n) is 1.94. The fourth-order valence-corrected chi connectivity index (χ4v) is 2.73. The number of amides is 1. The number of aryl methyl sites for hydroxylation is 2. The first-order valence-corrected chi connectivity index (χ1v) is 7.61. The number of nitrogens with zero attached hydrogens (tertiary/aromatic N) is 2. The molecule has 1 amide bonds. The van der Waals surface area contributed by atoms with E-state index in [1.807, 2.05) is 17.7 Å². The van der Waals surface area contributed by atoms with Crippen molar-refractivity contribution in [2.45, 2.75) is 25.9 Å². The van der Waals surface area contributed by atoms with Crippen molar-refractivity contribution >= 4 is 17.7 Å². The first-order valence-electron chi connectivity index (χ1n) is 6.62. The van der Waals surface area contributed by atoms with Crippen molar-refractivity contribution in [2.75, 3.05) is 12.3 Å². The quantitative estimate of drug-likeness (QED) is 0.861. The lowest BCUT2D eigenvalue weighted by molar-refractivity contribution is -0.118. The van der Waals surface area contributed by atoms with Crippen molar-refractivity contribution < 1.29 is 4.79 Å². The number of hydrogen-bond acceptors (Lipinski definition) is 3. The van der Waals surface area contributed by atoms with Crippen LogP contribution in [0, 0.1) is 13.8 Å². The SMILES string of the molecule is CCNC(=O)CSc1nccn1-c1cc(C)ccc1C. The van der Waals surface area contributed by atoms with E-state index in [0.29, 0.717) is 12.3 Å². The van der Waals surface area contributed by atoms with Crippen molar-refractivity contribution in [2.24, 2.45) is 0 Å². The molecule has 1 aromatic carbocycles. The lowest BCUT2D eigenvalue weighted by Crippen LogP contribution is -2.24. The van der Waals surface area contributed by atoms with Crippen molar-refractivity contribution in [3.63, 3.8) is 0 Å². The highest BCUT2D eigenvalue weighted by Crippen LogP contribution is 2.23. The van der Waals surface area contributed by atoms with Crippen LogP contribution in [0.4, 0.5) is 0 Å². The van der Waals surface area contributed by atoms with E-state index >= 15 is 0 Å². The second-order valence-corrected chi connectivity index (χ2v) is 5.55. The Bertz CT molecular complexity index is 607. The van der Waals surface area contributed by atoms with Gasteiger partial charge in [-0.15, -0.1) is 0 Å². The van der Waals surface area contributed by atoms with Gasteiger partial charge in [0.05, 0.1) is 11.4 Å². The van der Waals surface area contributed by atoms with Crippen molar-refractivity contribution in [3.8, 4) is 5.69 Å². The summed E-state index contributed by atoms with van der Waals surface area (Å²) in [6.45, 7) is 6.72. The highest BCUT2D eigenvalue weighted by molar-refractivity contribution is 7.99. The minimum absolute atomic E-state index is 0.0352. The van der Waals surface area contributed by atoms with Gasteiger partial charge >= 0.3 is 0 Å². The zero-order chi connectivity index (χ0) is 14.5. The summed E-state index contributed by atoms with van der Waals surface area (Å²) in [5, 5.41) is 3.63. The summed E-state index contributed by atoms with van der Waals surface area (Å²) in [4.78, 5) is 15.9. The number of benzene rings is 1. The van der Waals surface area contributed by atoms with E-state index in [9.17, 15) is 4.79 Å². The Morgan fingerprint density at radius 3 is 2.95 bits per heavy atom. The summed E-state index contributed by atoms with van der Waals surface area (Å²) < 4.78 is 2.03. The maximum absolute atomic E-state index is 11.5. The Morgan fingerprint density at radius 1 is 1.40 bits per heavy atom. The molecule has 2 rings (SSSR count). The molecular formula is C15H19N3OS. The molecule has 20 heavy (non-hydrogen) atoms. The van der Waals surface area contributed by atoms with Crippen molar-refractivity contribution in [1.82, 2.24) is 14.9 Å². The van der Waals surface area contributed by atoms with E-state index in [0.717, 1.165) is 10.8 Å². The van der Waals surface area contributed by atoms with Gasteiger partial charge in [-0.05, 0) is 38.0 Å². The van der Waals surface area contributed by atoms with Crippen LogP contribution in [0.15, 0.2) is 35.7 Å². The predicted octanol–water partition coefficient (Wildman–Crippen LogP) is 2.72. The maximum Gasteiger partial charge on any atom is 0.230 e. The van der Waals surface area contributed by atoms with E-state index < -0.39 is 0 Å². The molecule has 0 saturated carbocycles. The summed E-state index contributed by atoms with van der Waals surface area (Å²) in [6, 6.07) is 6.33. The molecule has 0 spiro atoms. The third-order valence-electron chi connectivity index (χ3n) is 2.94. The Balaban J connectivity index is 2.20. The number of carbonyl (C=O) groups is 1. The zero-order valence-corrected chi connectivity index (χ0v) is 12.8. The molecule has 0 aliphatic heterocycles. The molecule has 0 bridgehead atoms. The van der Waals surface area contributed by atoms with Crippen LogP contribution in [0.3, 0.4) is 0 Å². The van der Waals surface area contributed by atoms with Crippen LogP contribution in [0.25, 0.3) is 5.69 Å². The van der Waals surface area contributed by atoms with Crippen LogP contribution in [-0.4, -0.2) is 27.8 Å². The van der Waals surface area contributed by atoms with Crippen LogP contribution in [0.5, 0.6) is 0 Å². The topological polar surface area (TPSA) is 46.9 Å². The third-order valence-corrected chi connectivity index (χ3v) is 3.90. The van der Waals surface area contributed by atoms with Gasteiger partial charge in [0.15, 0.2) is 5.16 Å². The molecule has 0 atom stereocenters. The average Bonchev–Trinajstić information content (AvgIpc) is 2.88. The van der Waals surface area contributed by atoms with Gasteiger partial charge in [0.2, 0.25) is 5.91 Å². The summed E-state index contributed by atoms with van der Waals surface area (Å²) in [5.41, 5.74) is 3.51. The van der Waals surface area contributed by atoms with Gasteiger partial charge in [-0.25, -0.2) is 4.98 Å². The summed E-state index contributed by atoms with van der Waals surface area (Å²) in [5.74, 6) is 0.420. The molecule has 2 aromatic rings. The summed E-state index contributed by atoms with van der Waals surface area (Å²) >= 11 is 1.45.